The van der Waals surface area contributed by atoms with Crippen LogP contribution in [0.15, 0.2) is 15.8 Å². The molecule has 0 radical (unpaired) electrons. The zero-order chi connectivity index (χ0) is 32.9. The molecule has 1 aliphatic heterocycles. The first-order valence-corrected chi connectivity index (χ1v) is 16.4. The van der Waals surface area contributed by atoms with Gasteiger partial charge in [-0.05, 0) is 25.7 Å². The van der Waals surface area contributed by atoms with Crippen molar-refractivity contribution in [1.82, 2.24) is 25.5 Å². The highest BCUT2D eigenvalue weighted by molar-refractivity contribution is 7.51. The predicted molar refractivity (Wildman–Crippen MR) is 156 cm³/mol. The lowest BCUT2D eigenvalue weighted by Crippen LogP contribution is -2.58. The van der Waals surface area contributed by atoms with Gasteiger partial charge in [0.2, 0.25) is 5.91 Å². The minimum absolute atomic E-state index is 0.0225. The molecule has 3 amide bonds. The summed E-state index contributed by atoms with van der Waals surface area (Å²) in [6.45, 7) is 2.69. The number of nitrogens with one attached hydrogen (secondary N) is 4. The van der Waals surface area contributed by atoms with Crippen LogP contribution in [0.3, 0.4) is 0 Å². The van der Waals surface area contributed by atoms with E-state index in [-0.39, 0.29) is 6.42 Å². The van der Waals surface area contributed by atoms with Crippen LogP contribution in [-0.4, -0.2) is 96.0 Å². The first-order valence-electron chi connectivity index (χ1n) is 14.4. The number of unbranched alkanes of at least 4 members (excludes halogenated alkanes) is 3. The predicted octanol–water partition coefficient (Wildman–Crippen LogP) is 0.485. The van der Waals surface area contributed by atoms with E-state index < -0.39 is 74.1 Å². The number of alkyl carbamates (subject to hydrolysis) is 2. The second-order valence-electron chi connectivity index (χ2n) is 10.4. The maximum absolute atomic E-state index is 12.9. The van der Waals surface area contributed by atoms with Crippen molar-refractivity contribution in [3.8, 4) is 0 Å². The Balaban J connectivity index is 1.90. The van der Waals surface area contributed by atoms with E-state index in [9.17, 15) is 38.5 Å². The molecule has 18 heteroatoms. The number of hydrogen-bond acceptors (Lipinski definition) is 11. The van der Waals surface area contributed by atoms with E-state index in [1.807, 2.05) is 6.92 Å². The number of aryl methyl sites for hydroxylation is 1. The van der Waals surface area contributed by atoms with Crippen molar-refractivity contribution in [2.24, 2.45) is 0 Å². The van der Waals surface area contributed by atoms with Gasteiger partial charge >= 0.3 is 25.5 Å². The zero-order valence-corrected chi connectivity index (χ0v) is 26.3. The first-order chi connectivity index (χ1) is 20.8. The Morgan fingerprint density at radius 2 is 1.80 bits per heavy atom. The topological polar surface area (TPSA) is 237 Å². The number of aromatic nitrogens is 2. The summed E-state index contributed by atoms with van der Waals surface area (Å²) >= 11 is 0. The summed E-state index contributed by atoms with van der Waals surface area (Å²) < 4.78 is 32.9. The smallest absolute Gasteiger partial charge is 0.407 e. The SMILES string of the molecule is CCCC(NC(=O)OC)C(NC(=O)OC)C(=O)NCCCCCCc1cn([C@@H]2C[C@H](OP(C)(=O)O)[C@H](CO)O2)c(=O)[nH]c1=O. The Morgan fingerprint density at radius 3 is 2.41 bits per heavy atom. The largest absolute Gasteiger partial charge is 0.453 e. The Hall–Kier alpha value is -3.24. The number of H-pyrrole nitrogens is 1. The highest BCUT2D eigenvalue weighted by Gasteiger charge is 2.40. The molecule has 250 valence electrons. The van der Waals surface area contributed by atoms with Crippen LogP contribution in [0.2, 0.25) is 0 Å². The minimum atomic E-state index is -3.87. The maximum atomic E-state index is 12.9. The zero-order valence-electron chi connectivity index (χ0n) is 25.4. The number of aromatic amines is 1. The summed E-state index contributed by atoms with van der Waals surface area (Å²) in [6, 6.07) is -1.81. The molecule has 0 spiro atoms. The van der Waals surface area contributed by atoms with Gasteiger partial charge in [-0.3, -0.25) is 23.7 Å². The molecule has 2 rings (SSSR count). The summed E-state index contributed by atoms with van der Waals surface area (Å²) in [5, 5.41) is 17.4. The quantitative estimate of drug-likeness (QED) is 0.0999. The molecule has 2 heterocycles. The second-order valence-corrected chi connectivity index (χ2v) is 12.2. The molecule has 0 aromatic carbocycles. The van der Waals surface area contributed by atoms with Gasteiger partial charge in [0.25, 0.3) is 5.56 Å². The summed E-state index contributed by atoms with van der Waals surface area (Å²) in [5.74, 6) is -0.495. The molecule has 1 saturated heterocycles. The normalized spacial score (nSPS) is 20.6. The molecule has 1 aromatic heterocycles. The van der Waals surface area contributed by atoms with E-state index in [1.165, 1.54) is 25.0 Å². The lowest BCUT2D eigenvalue weighted by Gasteiger charge is -2.27. The Kier molecular flexibility index (Phi) is 15.0. The Bertz CT molecular complexity index is 1260. The molecule has 3 unspecified atom stereocenters. The Labute approximate surface area is 254 Å². The van der Waals surface area contributed by atoms with Crippen molar-refractivity contribution >= 4 is 25.7 Å². The fourth-order valence-corrected chi connectivity index (χ4v) is 5.53. The van der Waals surface area contributed by atoms with Gasteiger partial charge < -0.3 is 44.7 Å². The number of aliphatic hydroxyl groups is 1. The van der Waals surface area contributed by atoms with E-state index in [2.05, 4.69) is 30.4 Å². The number of rotatable bonds is 17. The molecular weight excluding hydrogens is 605 g/mol. The van der Waals surface area contributed by atoms with Crippen LogP contribution in [0, 0.1) is 0 Å². The van der Waals surface area contributed by atoms with Crippen molar-refractivity contribution in [1.29, 1.82) is 0 Å². The van der Waals surface area contributed by atoms with Gasteiger partial charge in [0.05, 0.1) is 33.0 Å². The van der Waals surface area contributed by atoms with Gasteiger partial charge in [-0.25, -0.2) is 14.4 Å². The van der Waals surface area contributed by atoms with Crippen molar-refractivity contribution in [2.45, 2.75) is 88.8 Å². The molecule has 6 N–H and O–H groups in total. The number of ether oxygens (including phenoxy) is 3. The van der Waals surface area contributed by atoms with Gasteiger partial charge in [0.1, 0.15) is 18.4 Å². The number of aliphatic hydroxyl groups excluding tert-OH is 1. The number of carbonyl (C=O) groups excluding carboxylic acids is 3. The van der Waals surface area contributed by atoms with Crippen LogP contribution in [0.25, 0.3) is 0 Å². The van der Waals surface area contributed by atoms with Gasteiger partial charge in [-0.2, -0.15) is 0 Å². The molecule has 1 aliphatic rings. The minimum Gasteiger partial charge on any atom is -0.453 e. The average Bonchev–Trinajstić information content (AvgIpc) is 3.36. The van der Waals surface area contributed by atoms with Gasteiger partial charge in [-0.15, -0.1) is 0 Å². The van der Waals surface area contributed by atoms with Crippen LogP contribution in [0.5, 0.6) is 0 Å². The molecule has 0 aliphatic carbocycles. The number of hydrogen-bond donors (Lipinski definition) is 6. The number of carbonyl (C=O) groups is 3. The summed E-state index contributed by atoms with van der Waals surface area (Å²) in [4.78, 5) is 73.2. The van der Waals surface area contributed by atoms with E-state index in [4.69, 9.17) is 9.26 Å². The third kappa shape index (κ3) is 11.7. The number of nitrogens with zero attached hydrogens (tertiary/aromatic N) is 1. The average molecular weight is 650 g/mol. The lowest BCUT2D eigenvalue weighted by molar-refractivity contribution is -0.123. The van der Waals surface area contributed by atoms with Crippen molar-refractivity contribution in [3.05, 3.63) is 32.6 Å². The van der Waals surface area contributed by atoms with Crippen molar-refractivity contribution in [3.63, 3.8) is 0 Å². The third-order valence-electron chi connectivity index (χ3n) is 6.95. The Morgan fingerprint density at radius 1 is 1.14 bits per heavy atom. The first kappa shape index (κ1) is 36.9. The van der Waals surface area contributed by atoms with E-state index in [1.54, 1.807) is 0 Å². The van der Waals surface area contributed by atoms with Gasteiger partial charge in [0.15, 0.2) is 0 Å². The van der Waals surface area contributed by atoms with Crippen LogP contribution >= 0.6 is 7.60 Å². The fraction of sp³-hybridized carbons (Fsp3) is 0.731. The highest BCUT2D eigenvalue weighted by atomic mass is 31.2. The monoisotopic (exact) mass is 649 g/mol. The molecule has 0 bridgehead atoms. The van der Waals surface area contributed by atoms with E-state index >= 15 is 0 Å². The lowest BCUT2D eigenvalue weighted by atomic mass is 10.0. The summed E-state index contributed by atoms with van der Waals surface area (Å²) in [5.41, 5.74) is -0.919. The molecule has 17 nitrogen and oxygen atoms in total. The summed E-state index contributed by atoms with van der Waals surface area (Å²) in [6.07, 6.45) is 1.08. The van der Waals surface area contributed by atoms with Crippen LogP contribution in [-0.2, 0) is 34.5 Å². The molecule has 44 heavy (non-hydrogen) atoms. The van der Waals surface area contributed by atoms with Crippen LogP contribution in [0.4, 0.5) is 9.59 Å². The fourth-order valence-electron chi connectivity index (χ4n) is 4.81. The van der Waals surface area contributed by atoms with Crippen LogP contribution < -0.4 is 27.2 Å². The standard InChI is InChI=1S/C26H44N5O12P/c1-5-10-17(28-25(36)40-2)21(29-26(37)41-3)23(34)27-12-9-7-6-8-11-16-14-31(24(35)30-22(16)33)20-13-18(19(15-32)42-20)43-44(4,38)39/h14,17-21,32H,5-13,15H2,1-4H3,(H,27,34)(H,28,36)(H,29,37)(H,38,39)(H,30,33,35)/t17?,18-,19-,20-,21?/m0/s1. The molecule has 1 aromatic rings. The second kappa shape index (κ2) is 17.9. The van der Waals surface area contributed by atoms with Gasteiger partial charge in [-0.1, -0.05) is 26.2 Å². The van der Waals surface area contributed by atoms with Crippen LogP contribution in [0.1, 0.15) is 63.7 Å². The maximum Gasteiger partial charge on any atom is 0.407 e. The number of amides is 3. The van der Waals surface area contributed by atoms with E-state index in [0.29, 0.717) is 57.1 Å². The molecule has 1 fully saturated rings. The molecular formula is C26H44N5O12P. The number of methoxy groups -OCH3 is 2. The molecule has 0 saturated carbocycles. The third-order valence-corrected chi connectivity index (χ3v) is 7.61. The van der Waals surface area contributed by atoms with Crippen molar-refractivity contribution < 1.29 is 47.7 Å². The van der Waals surface area contributed by atoms with Gasteiger partial charge in [0, 0.05) is 31.4 Å². The van der Waals surface area contributed by atoms with E-state index in [0.717, 1.165) is 6.66 Å². The highest BCUT2D eigenvalue weighted by Crippen LogP contribution is 2.43. The summed E-state index contributed by atoms with van der Waals surface area (Å²) in [7, 11) is -1.51. The molecule has 6 atom stereocenters. The van der Waals surface area contributed by atoms with Crippen molar-refractivity contribution in [2.75, 3.05) is 34.0 Å².